The van der Waals surface area contributed by atoms with Gasteiger partial charge in [0, 0.05) is 25.9 Å². The van der Waals surface area contributed by atoms with E-state index in [2.05, 4.69) is 5.10 Å². The Bertz CT molecular complexity index is 578. The van der Waals surface area contributed by atoms with E-state index in [1.807, 2.05) is 25.2 Å². The molecule has 0 saturated heterocycles. The van der Waals surface area contributed by atoms with E-state index < -0.39 is 0 Å². The minimum atomic E-state index is -0.0416. The smallest absolute Gasteiger partial charge is 0.254 e. The summed E-state index contributed by atoms with van der Waals surface area (Å²) in [4.78, 5) is 13.9. The van der Waals surface area contributed by atoms with Gasteiger partial charge in [-0.25, -0.2) is 0 Å². The zero-order valence-electron chi connectivity index (χ0n) is 11.3. The third-order valence-electron chi connectivity index (χ3n) is 2.99. The van der Waals surface area contributed by atoms with Gasteiger partial charge in [-0.3, -0.25) is 9.48 Å². The number of carbonyl (C=O) groups is 1. The van der Waals surface area contributed by atoms with Crippen LogP contribution in [0, 0.1) is 0 Å². The summed E-state index contributed by atoms with van der Waals surface area (Å²) in [6.45, 7) is 0.520. The van der Waals surface area contributed by atoms with Crippen molar-refractivity contribution in [2.45, 2.75) is 6.54 Å². The van der Waals surface area contributed by atoms with Gasteiger partial charge in [-0.05, 0) is 24.3 Å². The standard InChI is InChI=1S/C14H17N3O2/c1-16(10-12-7-8-15-17(12)2)14(18)11-5-4-6-13(9-11)19-3/h4-9H,10H2,1-3H3. The quantitative estimate of drug-likeness (QED) is 0.839. The van der Waals surface area contributed by atoms with E-state index in [1.165, 1.54) is 0 Å². The number of hydrogen-bond donors (Lipinski definition) is 0. The SMILES string of the molecule is COc1cccc(C(=O)N(C)Cc2ccnn2C)c1. The van der Waals surface area contributed by atoms with E-state index in [4.69, 9.17) is 4.74 Å². The molecule has 19 heavy (non-hydrogen) atoms. The van der Waals surface area contributed by atoms with E-state index in [-0.39, 0.29) is 5.91 Å². The summed E-state index contributed by atoms with van der Waals surface area (Å²) in [6, 6.07) is 9.05. The van der Waals surface area contributed by atoms with Crippen LogP contribution in [0.5, 0.6) is 5.75 Å². The molecule has 0 fully saturated rings. The fourth-order valence-corrected chi connectivity index (χ4v) is 1.85. The van der Waals surface area contributed by atoms with Crippen molar-refractivity contribution in [1.29, 1.82) is 0 Å². The molecule has 1 aromatic carbocycles. The Morgan fingerprint density at radius 1 is 1.42 bits per heavy atom. The minimum Gasteiger partial charge on any atom is -0.497 e. The van der Waals surface area contributed by atoms with Gasteiger partial charge in [0.1, 0.15) is 5.75 Å². The lowest BCUT2D eigenvalue weighted by atomic mass is 10.2. The fraction of sp³-hybridized carbons (Fsp3) is 0.286. The van der Waals surface area contributed by atoms with Crippen molar-refractivity contribution in [2.75, 3.05) is 14.2 Å². The first-order valence-electron chi connectivity index (χ1n) is 5.98. The van der Waals surface area contributed by atoms with Crippen molar-refractivity contribution in [3.8, 4) is 5.75 Å². The van der Waals surface area contributed by atoms with Gasteiger partial charge in [-0.1, -0.05) is 6.07 Å². The number of hydrogen-bond acceptors (Lipinski definition) is 3. The van der Waals surface area contributed by atoms with Crippen LogP contribution in [0.4, 0.5) is 0 Å². The van der Waals surface area contributed by atoms with Crippen LogP contribution in [0.15, 0.2) is 36.5 Å². The molecular weight excluding hydrogens is 242 g/mol. The van der Waals surface area contributed by atoms with E-state index >= 15 is 0 Å². The van der Waals surface area contributed by atoms with Gasteiger partial charge in [-0.15, -0.1) is 0 Å². The van der Waals surface area contributed by atoms with Gasteiger partial charge in [0.25, 0.3) is 5.91 Å². The Hall–Kier alpha value is -2.30. The second-order valence-electron chi connectivity index (χ2n) is 4.34. The molecule has 2 rings (SSSR count). The molecule has 0 N–H and O–H groups in total. The molecular formula is C14H17N3O2. The molecule has 2 aromatic rings. The van der Waals surface area contributed by atoms with Crippen molar-refractivity contribution in [3.05, 3.63) is 47.8 Å². The van der Waals surface area contributed by atoms with Crippen LogP contribution in [0.25, 0.3) is 0 Å². The van der Waals surface area contributed by atoms with Crippen LogP contribution in [-0.4, -0.2) is 34.7 Å². The Labute approximate surface area is 112 Å². The maximum absolute atomic E-state index is 12.3. The van der Waals surface area contributed by atoms with E-state index in [9.17, 15) is 4.79 Å². The average Bonchev–Trinajstić information content (AvgIpc) is 2.83. The van der Waals surface area contributed by atoms with E-state index in [0.29, 0.717) is 17.9 Å². The predicted octanol–water partition coefficient (Wildman–Crippen LogP) is 1.70. The molecule has 5 nitrogen and oxygen atoms in total. The summed E-state index contributed by atoms with van der Waals surface area (Å²) in [5.74, 6) is 0.639. The Kier molecular flexibility index (Phi) is 3.85. The molecule has 5 heteroatoms. The Balaban J connectivity index is 2.12. The van der Waals surface area contributed by atoms with E-state index in [0.717, 1.165) is 5.69 Å². The number of nitrogens with zero attached hydrogens (tertiary/aromatic N) is 3. The second-order valence-corrected chi connectivity index (χ2v) is 4.34. The van der Waals surface area contributed by atoms with Crippen LogP contribution in [0.2, 0.25) is 0 Å². The van der Waals surface area contributed by atoms with Crippen LogP contribution in [0.3, 0.4) is 0 Å². The zero-order chi connectivity index (χ0) is 13.8. The summed E-state index contributed by atoms with van der Waals surface area (Å²) < 4.78 is 6.88. The van der Waals surface area contributed by atoms with Crippen molar-refractivity contribution in [1.82, 2.24) is 14.7 Å². The molecule has 100 valence electrons. The molecule has 0 saturated carbocycles. The molecule has 1 amide bonds. The van der Waals surface area contributed by atoms with Crippen molar-refractivity contribution < 1.29 is 9.53 Å². The first-order valence-corrected chi connectivity index (χ1v) is 5.98. The number of rotatable bonds is 4. The number of aryl methyl sites for hydroxylation is 1. The highest BCUT2D eigenvalue weighted by molar-refractivity contribution is 5.94. The number of aromatic nitrogens is 2. The highest BCUT2D eigenvalue weighted by Crippen LogP contribution is 2.14. The maximum atomic E-state index is 12.3. The molecule has 0 spiro atoms. The number of methoxy groups -OCH3 is 1. The van der Waals surface area contributed by atoms with Gasteiger partial charge in [0.15, 0.2) is 0 Å². The summed E-state index contributed by atoms with van der Waals surface area (Å²) in [5.41, 5.74) is 1.60. The molecule has 0 aliphatic carbocycles. The van der Waals surface area contributed by atoms with Crippen LogP contribution < -0.4 is 4.74 Å². The Morgan fingerprint density at radius 3 is 2.84 bits per heavy atom. The molecule has 1 heterocycles. The lowest BCUT2D eigenvalue weighted by Crippen LogP contribution is -2.27. The van der Waals surface area contributed by atoms with Gasteiger partial charge in [-0.2, -0.15) is 5.10 Å². The molecule has 0 atom stereocenters. The second kappa shape index (κ2) is 5.56. The summed E-state index contributed by atoms with van der Waals surface area (Å²) in [5, 5.41) is 4.09. The lowest BCUT2D eigenvalue weighted by Gasteiger charge is -2.17. The predicted molar refractivity (Wildman–Crippen MR) is 72.0 cm³/mol. The summed E-state index contributed by atoms with van der Waals surface area (Å²) >= 11 is 0. The number of carbonyl (C=O) groups excluding carboxylic acids is 1. The molecule has 0 bridgehead atoms. The largest absolute Gasteiger partial charge is 0.497 e. The van der Waals surface area contributed by atoms with Gasteiger partial charge in [0.2, 0.25) is 0 Å². The van der Waals surface area contributed by atoms with Gasteiger partial charge < -0.3 is 9.64 Å². The van der Waals surface area contributed by atoms with Crippen molar-refractivity contribution >= 4 is 5.91 Å². The normalized spacial score (nSPS) is 10.3. The monoisotopic (exact) mass is 259 g/mol. The van der Waals surface area contributed by atoms with Gasteiger partial charge in [0.05, 0.1) is 19.3 Å². The van der Waals surface area contributed by atoms with Crippen LogP contribution in [0.1, 0.15) is 16.1 Å². The fourth-order valence-electron chi connectivity index (χ4n) is 1.85. The number of ether oxygens (including phenoxy) is 1. The lowest BCUT2D eigenvalue weighted by molar-refractivity contribution is 0.0781. The number of amides is 1. The van der Waals surface area contributed by atoms with Gasteiger partial charge >= 0.3 is 0 Å². The highest BCUT2D eigenvalue weighted by atomic mass is 16.5. The molecule has 1 aromatic heterocycles. The highest BCUT2D eigenvalue weighted by Gasteiger charge is 2.13. The molecule has 0 aliphatic rings. The first kappa shape index (κ1) is 13.1. The maximum Gasteiger partial charge on any atom is 0.254 e. The third kappa shape index (κ3) is 2.93. The summed E-state index contributed by atoms with van der Waals surface area (Å²) in [7, 11) is 5.22. The van der Waals surface area contributed by atoms with Crippen molar-refractivity contribution in [2.24, 2.45) is 7.05 Å². The molecule has 0 aliphatic heterocycles. The van der Waals surface area contributed by atoms with E-state index in [1.54, 1.807) is 42.1 Å². The van der Waals surface area contributed by atoms with Crippen LogP contribution >= 0.6 is 0 Å². The Morgan fingerprint density at radius 2 is 2.21 bits per heavy atom. The first-order chi connectivity index (χ1) is 9.11. The molecule has 0 radical (unpaired) electrons. The third-order valence-corrected chi connectivity index (χ3v) is 2.99. The summed E-state index contributed by atoms with van der Waals surface area (Å²) in [6.07, 6.45) is 1.72. The number of benzene rings is 1. The molecule has 0 unspecified atom stereocenters. The van der Waals surface area contributed by atoms with Crippen molar-refractivity contribution in [3.63, 3.8) is 0 Å². The zero-order valence-corrected chi connectivity index (χ0v) is 11.3. The minimum absolute atomic E-state index is 0.0416. The van der Waals surface area contributed by atoms with Crippen LogP contribution in [-0.2, 0) is 13.6 Å². The average molecular weight is 259 g/mol. The topological polar surface area (TPSA) is 47.4 Å².